The van der Waals surface area contributed by atoms with Gasteiger partial charge in [-0.2, -0.15) is 13.2 Å². The molecule has 1 aromatic rings. The van der Waals surface area contributed by atoms with Gasteiger partial charge in [-0.3, -0.25) is 0 Å². The van der Waals surface area contributed by atoms with Crippen molar-refractivity contribution in [3.8, 4) is 0 Å². The Morgan fingerprint density at radius 3 is 2.17 bits per heavy atom. The fourth-order valence-electron chi connectivity index (χ4n) is 3.74. The Balaban J connectivity index is 1.99. The summed E-state index contributed by atoms with van der Waals surface area (Å²) in [7, 11) is -3.35. The van der Waals surface area contributed by atoms with Gasteiger partial charge in [0.05, 0.1) is 21.7 Å². The van der Waals surface area contributed by atoms with Crippen molar-refractivity contribution >= 4 is 9.84 Å². The quantitative estimate of drug-likeness (QED) is 0.790. The molecule has 2 aliphatic rings. The Labute approximate surface area is 131 Å². The molecule has 2 heterocycles. The summed E-state index contributed by atoms with van der Waals surface area (Å²) in [5, 5.41) is 9.24. The largest absolute Gasteiger partial charge is 0.416 e. The summed E-state index contributed by atoms with van der Waals surface area (Å²) in [6, 6.07) is 1.99. The van der Waals surface area contributed by atoms with Crippen molar-refractivity contribution in [3.05, 3.63) is 35.1 Å². The number of hydrogen-bond donors (Lipinski definition) is 1. The maximum absolute atomic E-state index is 14.2. The predicted octanol–water partition coefficient (Wildman–Crippen LogP) is 3.16. The van der Waals surface area contributed by atoms with Crippen molar-refractivity contribution in [2.75, 3.05) is 0 Å². The average Bonchev–Trinajstić information content (AvgIpc) is 2.39. The van der Waals surface area contributed by atoms with Crippen LogP contribution in [0.2, 0.25) is 0 Å². The third kappa shape index (κ3) is 2.76. The van der Waals surface area contributed by atoms with Crippen LogP contribution >= 0.6 is 0 Å². The van der Waals surface area contributed by atoms with E-state index >= 15 is 0 Å². The molecule has 0 aromatic heterocycles. The number of rotatable bonds is 1. The van der Waals surface area contributed by atoms with E-state index in [0.717, 1.165) is 18.6 Å². The number of benzene rings is 1. The van der Waals surface area contributed by atoms with E-state index in [2.05, 4.69) is 0 Å². The lowest BCUT2D eigenvalue weighted by molar-refractivity contribution is -0.137. The van der Waals surface area contributed by atoms with Crippen molar-refractivity contribution in [3.63, 3.8) is 0 Å². The third-order valence-electron chi connectivity index (χ3n) is 4.91. The molecule has 2 unspecified atom stereocenters. The molecular weight excluding hydrogens is 336 g/mol. The Hall–Kier alpha value is -1.15. The molecule has 128 valence electrons. The van der Waals surface area contributed by atoms with Crippen LogP contribution in [0.5, 0.6) is 0 Å². The van der Waals surface area contributed by atoms with Gasteiger partial charge in [0.2, 0.25) is 0 Å². The van der Waals surface area contributed by atoms with Crippen LogP contribution in [0.4, 0.5) is 17.6 Å². The normalized spacial score (nSPS) is 33.4. The number of halogens is 4. The van der Waals surface area contributed by atoms with Gasteiger partial charge >= 0.3 is 6.18 Å². The highest BCUT2D eigenvalue weighted by atomic mass is 32.2. The molecule has 0 spiro atoms. The first-order valence-electron chi connectivity index (χ1n) is 7.36. The highest BCUT2D eigenvalue weighted by molar-refractivity contribution is 7.92. The van der Waals surface area contributed by atoms with Crippen molar-refractivity contribution in [2.45, 2.75) is 54.4 Å². The molecule has 2 fully saturated rings. The van der Waals surface area contributed by atoms with Gasteiger partial charge in [0, 0.05) is 5.56 Å². The van der Waals surface area contributed by atoms with Crippen molar-refractivity contribution in [1.82, 2.24) is 0 Å². The van der Waals surface area contributed by atoms with Crippen LogP contribution in [-0.4, -0.2) is 24.0 Å². The van der Waals surface area contributed by atoms with Crippen LogP contribution in [0.3, 0.4) is 0 Å². The molecule has 2 saturated heterocycles. The second-order valence-electron chi connectivity index (χ2n) is 6.40. The van der Waals surface area contributed by atoms with E-state index in [1.165, 1.54) is 0 Å². The van der Waals surface area contributed by atoms with E-state index in [4.69, 9.17) is 0 Å². The summed E-state index contributed by atoms with van der Waals surface area (Å²) in [6.45, 7) is 0. The fourth-order valence-corrected chi connectivity index (χ4v) is 6.29. The summed E-state index contributed by atoms with van der Waals surface area (Å²) in [4.78, 5) is 0. The second kappa shape index (κ2) is 5.17. The summed E-state index contributed by atoms with van der Waals surface area (Å²) in [6.07, 6.45) is -3.51. The van der Waals surface area contributed by atoms with E-state index in [-0.39, 0.29) is 18.4 Å². The van der Waals surface area contributed by atoms with Crippen LogP contribution in [0.25, 0.3) is 0 Å². The Kier molecular flexibility index (Phi) is 3.76. The van der Waals surface area contributed by atoms with Gasteiger partial charge in [-0.1, -0.05) is 12.5 Å². The Morgan fingerprint density at radius 2 is 1.70 bits per heavy atom. The maximum Gasteiger partial charge on any atom is 0.416 e. The molecule has 1 aromatic carbocycles. The Morgan fingerprint density at radius 1 is 1.13 bits per heavy atom. The summed E-state index contributed by atoms with van der Waals surface area (Å²) in [5.41, 5.74) is -3.13. The standard InChI is InChI=1S/C15H16F4O3S/c16-13-6-9(15(17,18)19)4-5-12(13)14(20)7-10-2-1-3-11(8-14)23(10,21)22/h4-6,10-11,20H,1-3,7-8H2. The highest BCUT2D eigenvalue weighted by Gasteiger charge is 2.51. The third-order valence-corrected chi connectivity index (χ3v) is 7.57. The molecule has 2 atom stereocenters. The monoisotopic (exact) mass is 352 g/mol. The fraction of sp³-hybridized carbons (Fsp3) is 0.600. The van der Waals surface area contributed by atoms with Gasteiger partial charge in [0.15, 0.2) is 9.84 Å². The minimum atomic E-state index is -4.67. The second-order valence-corrected chi connectivity index (χ2v) is 8.91. The lowest BCUT2D eigenvalue weighted by Crippen LogP contribution is -2.50. The van der Waals surface area contributed by atoms with Crippen LogP contribution < -0.4 is 0 Å². The highest BCUT2D eigenvalue weighted by Crippen LogP contribution is 2.47. The molecule has 0 amide bonds. The first-order chi connectivity index (χ1) is 10.5. The first-order valence-corrected chi connectivity index (χ1v) is 8.97. The van der Waals surface area contributed by atoms with Crippen LogP contribution in [0.1, 0.15) is 43.2 Å². The van der Waals surface area contributed by atoms with Crippen molar-refractivity contribution in [1.29, 1.82) is 0 Å². The van der Waals surface area contributed by atoms with Crippen LogP contribution in [0.15, 0.2) is 18.2 Å². The van der Waals surface area contributed by atoms with Crippen LogP contribution in [-0.2, 0) is 21.6 Å². The van der Waals surface area contributed by atoms with Crippen LogP contribution in [0, 0.1) is 5.82 Å². The van der Waals surface area contributed by atoms with E-state index < -0.39 is 43.5 Å². The predicted molar refractivity (Wildman–Crippen MR) is 74.9 cm³/mol. The maximum atomic E-state index is 14.2. The zero-order valence-corrected chi connectivity index (χ0v) is 12.9. The number of fused-ring (bicyclic) bond motifs is 2. The van der Waals surface area contributed by atoms with E-state index in [1.807, 2.05) is 0 Å². The van der Waals surface area contributed by atoms with Gasteiger partial charge in [0.1, 0.15) is 5.82 Å². The summed E-state index contributed by atoms with van der Waals surface area (Å²) >= 11 is 0. The first kappa shape index (κ1) is 16.7. The van der Waals surface area contributed by atoms with E-state index in [1.54, 1.807) is 0 Å². The number of hydrogen-bond acceptors (Lipinski definition) is 3. The number of alkyl halides is 3. The molecule has 2 aliphatic heterocycles. The van der Waals surface area contributed by atoms with Crippen molar-refractivity contribution in [2.24, 2.45) is 0 Å². The summed E-state index contributed by atoms with van der Waals surface area (Å²) < 4.78 is 76.5. The zero-order chi connectivity index (χ0) is 17.0. The minimum Gasteiger partial charge on any atom is -0.385 e. The van der Waals surface area contributed by atoms with Gasteiger partial charge in [-0.15, -0.1) is 0 Å². The SMILES string of the molecule is O=S1(=O)C2CCCC1CC(O)(c1ccc(C(F)(F)F)cc1F)C2. The number of aliphatic hydroxyl groups is 1. The lowest BCUT2D eigenvalue weighted by atomic mass is 9.80. The topological polar surface area (TPSA) is 54.4 Å². The molecule has 3 nitrogen and oxygen atoms in total. The smallest absolute Gasteiger partial charge is 0.385 e. The Bertz CT molecular complexity index is 707. The molecule has 2 bridgehead atoms. The van der Waals surface area contributed by atoms with Gasteiger partial charge in [0.25, 0.3) is 0 Å². The molecule has 0 radical (unpaired) electrons. The molecule has 0 saturated carbocycles. The molecular formula is C15H16F4O3S. The average molecular weight is 352 g/mol. The molecule has 8 heteroatoms. The van der Waals surface area contributed by atoms with Crippen molar-refractivity contribution < 1.29 is 31.1 Å². The minimum absolute atomic E-state index is 0.173. The van der Waals surface area contributed by atoms with Gasteiger partial charge in [-0.05, 0) is 37.8 Å². The van der Waals surface area contributed by atoms with Gasteiger partial charge in [-0.25, -0.2) is 12.8 Å². The molecule has 1 N–H and O–H groups in total. The van der Waals surface area contributed by atoms with E-state index in [9.17, 15) is 31.1 Å². The van der Waals surface area contributed by atoms with E-state index in [0.29, 0.717) is 18.9 Å². The number of sulfone groups is 1. The summed E-state index contributed by atoms with van der Waals surface area (Å²) in [5.74, 6) is -1.15. The molecule has 3 rings (SSSR count). The van der Waals surface area contributed by atoms with Gasteiger partial charge < -0.3 is 5.11 Å². The molecule has 0 aliphatic carbocycles. The molecule has 23 heavy (non-hydrogen) atoms. The lowest BCUT2D eigenvalue weighted by Gasteiger charge is -2.44. The zero-order valence-electron chi connectivity index (χ0n) is 12.1.